The summed E-state index contributed by atoms with van der Waals surface area (Å²) in [6, 6.07) is 13.4. The highest BCUT2D eigenvalue weighted by Crippen LogP contribution is 2.41. The van der Waals surface area contributed by atoms with E-state index >= 15 is 0 Å². The fourth-order valence-electron chi connectivity index (χ4n) is 3.12. The first-order valence-corrected chi connectivity index (χ1v) is 8.13. The van der Waals surface area contributed by atoms with Crippen molar-refractivity contribution in [2.75, 3.05) is 21.3 Å². The summed E-state index contributed by atoms with van der Waals surface area (Å²) >= 11 is 0. The van der Waals surface area contributed by atoms with Gasteiger partial charge in [-0.05, 0) is 35.4 Å². The Labute approximate surface area is 152 Å². The van der Waals surface area contributed by atoms with Crippen molar-refractivity contribution in [2.45, 2.75) is 6.92 Å². The van der Waals surface area contributed by atoms with Gasteiger partial charge in [0.2, 0.25) is 11.7 Å². The first-order chi connectivity index (χ1) is 12.5. The van der Waals surface area contributed by atoms with E-state index in [-0.39, 0.29) is 5.91 Å². The molecule has 0 aliphatic carbocycles. The number of ether oxygens (including phenoxy) is 3. The molecule has 0 N–H and O–H groups in total. The van der Waals surface area contributed by atoms with Gasteiger partial charge >= 0.3 is 0 Å². The average molecular weight is 351 g/mol. The zero-order valence-corrected chi connectivity index (χ0v) is 15.3. The SMILES string of the molecule is C=C(c1cc(OC)c(OC)c(OC)c1)c1cc2ccccc2n1C(C)=O. The molecule has 0 saturated carbocycles. The summed E-state index contributed by atoms with van der Waals surface area (Å²) in [5.74, 6) is 1.51. The number of aromatic nitrogens is 1. The zero-order valence-electron chi connectivity index (χ0n) is 15.3. The van der Waals surface area contributed by atoms with E-state index in [9.17, 15) is 4.79 Å². The zero-order chi connectivity index (χ0) is 18.8. The Morgan fingerprint density at radius 2 is 1.58 bits per heavy atom. The van der Waals surface area contributed by atoms with Crippen LogP contribution in [-0.2, 0) is 0 Å². The molecule has 0 aliphatic heterocycles. The third-order valence-electron chi connectivity index (χ3n) is 4.35. The van der Waals surface area contributed by atoms with Crippen molar-refractivity contribution >= 4 is 22.4 Å². The van der Waals surface area contributed by atoms with Gasteiger partial charge in [-0.15, -0.1) is 0 Å². The second-order valence-corrected chi connectivity index (χ2v) is 5.84. The van der Waals surface area contributed by atoms with Gasteiger partial charge in [0.1, 0.15) is 0 Å². The molecule has 3 rings (SSSR count). The molecule has 0 bridgehead atoms. The standard InChI is InChI=1S/C21H21NO4/c1-13(16-11-19(24-3)21(26-5)20(12-16)25-4)18-10-15-8-6-7-9-17(15)22(18)14(2)23/h6-12H,1H2,2-5H3. The summed E-state index contributed by atoms with van der Waals surface area (Å²) in [7, 11) is 4.69. The highest BCUT2D eigenvalue weighted by Gasteiger charge is 2.19. The van der Waals surface area contributed by atoms with Gasteiger partial charge in [-0.2, -0.15) is 0 Å². The Kier molecular flexibility index (Phi) is 4.71. The fourth-order valence-corrected chi connectivity index (χ4v) is 3.12. The van der Waals surface area contributed by atoms with E-state index in [4.69, 9.17) is 14.2 Å². The van der Waals surface area contributed by atoms with Gasteiger partial charge in [-0.1, -0.05) is 24.8 Å². The Morgan fingerprint density at radius 3 is 2.12 bits per heavy atom. The van der Waals surface area contributed by atoms with E-state index < -0.39 is 0 Å². The van der Waals surface area contributed by atoms with Crippen molar-refractivity contribution in [3.05, 3.63) is 60.3 Å². The summed E-state index contributed by atoms with van der Waals surface area (Å²) in [4.78, 5) is 12.3. The van der Waals surface area contributed by atoms with Crippen molar-refractivity contribution in [2.24, 2.45) is 0 Å². The number of hydrogen-bond donors (Lipinski definition) is 0. The Bertz CT molecular complexity index is 975. The number of rotatable bonds is 5. The van der Waals surface area contributed by atoms with Gasteiger partial charge in [-0.3, -0.25) is 9.36 Å². The van der Waals surface area contributed by atoms with Crippen LogP contribution in [0.2, 0.25) is 0 Å². The van der Waals surface area contributed by atoms with E-state index in [0.717, 1.165) is 22.2 Å². The second kappa shape index (κ2) is 6.96. The molecule has 2 aromatic carbocycles. The molecular weight excluding hydrogens is 330 g/mol. The topological polar surface area (TPSA) is 49.7 Å². The third-order valence-corrected chi connectivity index (χ3v) is 4.35. The number of benzene rings is 2. The van der Waals surface area contributed by atoms with Crippen molar-refractivity contribution in [3.63, 3.8) is 0 Å². The molecule has 0 radical (unpaired) electrons. The van der Waals surface area contributed by atoms with Crippen LogP contribution in [0.15, 0.2) is 49.0 Å². The highest BCUT2D eigenvalue weighted by molar-refractivity contribution is 5.98. The lowest BCUT2D eigenvalue weighted by atomic mass is 10.0. The number of carbonyl (C=O) groups excluding carboxylic acids is 1. The molecule has 26 heavy (non-hydrogen) atoms. The van der Waals surface area contributed by atoms with Crippen molar-refractivity contribution in [1.29, 1.82) is 0 Å². The maximum atomic E-state index is 12.3. The average Bonchev–Trinajstić information content (AvgIpc) is 3.05. The molecule has 5 nitrogen and oxygen atoms in total. The lowest BCUT2D eigenvalue weighted by Gasteiger charge is -2.16. The molecule has 0 aliphatic rings. The van der Waals surface area contributed by atoms with E-state index in [1.165, 1.54) is 0 Å². The number of nitrogens with zero attached hydrogens (tertiary/aromatic N) is 1. The van der Waals surface area contributed by atoms with Gasteiger partial charge in [0, 0.05) is 12.3 Å². The lowest BCUT2D eigenvalue weighted by Crippen LogP contribution is -2.09. The molecule has 1 heterocycles. The molecule has 0 amide bonds. The van der Waals surface area contributed by atoms with Crippen LogP contribution in [-0.4, -0.2) is 31.8 Å². The highest BCUT2D eigenvalue weighted by atomic mass is 16.5. The summed E-state index contributed by atoms with van der Waals surface area (Å²) in [5, 5.41) is 0.978. The van der Waals surface area contributed by atoms with Crippen LogP contribution >= 0.6 is 0 Å². The van der Waals surface area contributed by atoms with Crippen LogP contribution in [0, 0.1) is 0 Å². The van der Waals surface area contributed by atoms with Gasteiger partial charge in [-0.25, -0.2) is 0 Å². The quantitative estimate of drug-likeness (QED) is 0.684. The van der Waals surface area contributed by atoms with E-state index in [0.29, 0.717) is 22.8 Å². The van der Waals surface area contributed by atoms with Crippen molar-refractivity contribution in [1.82, 2.24) is 4.57 Å². The molecule has 0 atom stereocenters. The predicted molar refractivity (Wildman–Crippen MR) is 102 cm³/mol. The largest absolute Gasteiger partial charge is 0.493 e. The molecule has 0 fully saturated rings. The Morgan fingerprint density at radius 1 is 0.962 bits per heavy atom. The molecule has 0 unspecified atom stereocenters. The van der Waals surface area contributed by atoms with Crippen LogP contribution < -0.4 is 14.2 Å². The number of fused-ring (bicyclic) bond motifs is 1. The van der Waals surface area contributed by atoms with Crippen LogP contribution in [0.4, 0.5) is 0 Å². The fraction of sp³-hybridized carbons (Fsp3) is 0.190. The Hall–Kier alpha value is -3.21. The first-order valence-electron chi connectivity index (χ1n) is 8.13. The predicted octanol–water partition coefficient (Wildman–Crippen LogP) is 4.39. The summed E-state index contributed by atoms with van der Waals surface area (Å²) in [5.41, 5.74) is 3.05. The molecule has 3 aromatic rings. The minimum Gasteiger partial charge on any atom is -0.493 e. The van der Waals surface area contributed by atoms with Gasteiger partial charge < -0.3 is 14.2 Å². The molecular formula is C21H21NO4. The van der Waals surface area contributed by atoms with Crippen LogP contribution in [0.25, 0.3) is 16.5 Å². The first kappa shape index (κ1) is 17.6. The minimum atomic E-state index is -0.0743. The lowest BCUT2D eigenvalue weighted by molar-refractivity contribution is 0.0941. The second-order valence-electron chi connectivity index (χ2n) is 5.84. The minimum absolute atomic E-state index is 0.0743. The monoisotopic (exact) mass is 351 g/mol. The Balaban J connectivity index is 2.20. The molecule has 5 heteroatoms. The van der Waals surface area contributed by atoms with Crippen LogP contribution in [0.5, 0.6) is 17.2 Å². The van der Waals surface area contributed by atoms with E-state index in [2.05, 4.69) is 6.58 Å². The van der Waals surface area contributed by atoms with E-state index in [1.54, 1.807) is 32.8 Å². The summed E-state index contributed by atoms with van der Waals surface area (Å²) in [6.45, 7) is 5.75. The normalized spacial score (nSPS) is 10.6. The molecule has 1 aromatic heterocycles. The molecule has 0 saturated heterocycles. The van der Waals surface area contributed by atoms with Gasteiger partial charge in [0.15, 0.2) is 11.5 Å². The number of methoxy groups -OCH3 is 3. The van der Waals surface area contributed by atoms with Crippen molar-refractivity contribution in [3.8, 4) is 17.2 Å². The van der Waals surface area contributed by atoms with E-state index in [1.807, 2.05) is 42.5 Å². The number of para-hydroxylation sites is 1. The molecule has 0 spiro atoms. The number of carbonyl (C=O) groups is 1. The maximum absolute atomic E-state index is 12.3. The van der Waals surface area contributed by atoms with Crippen LogP contribution in [0.3, 0.4) is 0 Å². The third kappa shape index (κ3) is 2.81. The molecule has 134 valence electrons. The van der Waals surface area contributed by atoms with Gasteiger partial charge in [0.25, 0.3) is 0 Å². The number of hydrogen-bond acceptors (Lipinski definition) is 4. The van der Waals surface area contributed by atoms with Crippen LogP contribution in [0.1, 0.15) is 23.0 Å². The van der Waals surface area contributed by atoms with Gasteiger partial charge in [0.05, 0.1) is 32.5 Å². The van der Waals surface area contributed by atoms with Crippen molar-refractivity contribution < 1.29 is 19.0 Å². The summed E-state index contributed by atoms with van der Waals surface area (Å²) < 4.78 is 17.9. The maximum Gasteiger partial charge on any atom is 0.228 e. The smallest absolute Gasteiger partial charge is 0.228 e. The summed E-state index contributed by atoms with van der Waals surface area (Å²) in [6.07, 6.45) is 0.